The normalized spacial score (nSPS) is 17.3. The fourth-order valence-corrected chi connectivity index (χ4v) is 8.53. The Balaban J connectivity index is 2.38. The monoisotopic (exact) mass is 1100 g/mol. The second-order valence-electron chi connectivity index (χ2n) is 20.2. The van der Waals surface area contributed by atoms with Gasteiger partial charge in [0.25, 0.3) is 0 Å². The number of amides is 11. The number of carbonyl (C=O) groups excluding carboxylic acids is 11. The highest BCUT2D eigenvalue weighted by atomic mass is 16.3. The molecule has 26 heteroatoms. The molecule has 1 aliphatic heterocycles. The van der Waals surface area contributed by atoms with Crippen molar-refractivity contribution < 1.29 is 57.8 Å². The van der Waals surface area contributed by atoms with Crippen LogP contribution in [-0.4, -0.2) is 155 Å². The summed E-state index contributed by atoms with van der Waals surface area (Å²) in [6.45, 7) is 14.6. The Morgan fingerprint density at radius 2 is 1.14 bits per heavy atom. The summed E-state index contributed by atoms with van der Waals surface area (Å²) in [5.74, 6) is -9.70. The average Bonchev–Trinajstić information content (AvgIpc) is 3.88. The Bertz CT molecular complexity index is 2280. The highest BCUT2D eigenvalue weighted by Gasteiger charge is 2.41. The number of aliphatic imine (C=N–C) groups is 1. The van der Waals surface area contributed by atoms with Crippen LogP contribution in [-0.2, 0) is 59.2 Å². The van der Waals surface area contributed by atoms with Crippen molar-refractivity contribution in [1.29, 1.82) is 0 Å². The standard InChI is InChI=1S/C52H86N14O12/c1-10-15-34(44(71)63-40(28(5)11-2)48(75)62-36(16-13-24-57-52(55)56)51(78)66-25-14-17-38(66)47(74)58-30(7)43(54)70)61-50(77)42(31(8)67)65-49(76)41(29(6)12-3)64-45(72)35(22-23-39(53)69)60-46(73)37(59-32(9)68)26-33-20-18-27(4)19-21-33/h18-21,28-31,34-38,40-42,67H,10-17,22-26H2,1-9H3,(H2,53,69)(H2,54,70)(H,58,74)(H,59,68)(H,60,73)(H,61,77)(H,62,75)(H,63,71)(H,64,72)(H,65,76)(H4,55,56,57)/t28-,29-,30+,31+,34-,35-,36-,37-,38-,40-,41+,42-/m0/s1. The minimum atomic E-state index is -1.70. The van der Waals surface area contributed by atoms with E-state index in [0.717, 1.165) is 5.56 Å². The average molecular weight is 1100 g/mol. The van der Waals surface area contributed by atoms with Crippen LogP contribution in [0.1, 0.15) is 131 Å². The van der Waals surface area contributed by atoms with Gasteiger partial charge in [0.15, 0.2) is 5.96 Å². The molecule has 0 aliphatic carbocycles. The van der Waals surface area contributed by atoms with Crippen molar-refractivity contribution in [1.82, 2.24) is 47.4 Å². The van der Waals surface area contributed by atoms with Gasteiger partial charge in [0, 0.05) is 32.9 Å². The summed E-state index contributed by atoms with van der Waals surface area (Å²) < 4.78 is 0. The second kappa shape index (κ2) is 33.0. The van der Waals surface area contributed by atoms with E-state index in [1.807, 2.05) is 19.1 Å². The molecule has 1 heterocycles. The Kier molecular flexibility index (Phi) is 28.3. The lowest BCUT2D eigenvalue weighted by molar-refractivity contribution is -0.142. The number of hydrogen-bond acceptors (Lipinski definition) is 13. The minimum Gasteiger partial charge on any atom is -0.391 e. The topological polar surface area (TPSA) is 424 Å². The van der Waals surface area contributed by atoms with E-state index in [2.05, 4.69) is 47.5 Å². The number of nitrogens with zero attached hydrogens (tertiary/aromatic N) is 2. The van der Waals surface area contributed by atoms with Gasteiger partial charge in [-0.2, -0.15) is 0 Å². The van der Waals surface area contributed by atoms with Gasteiger partial charge < -0.3 is 75.5 Å². The molecule has 1 aliphatic rings. The molecule has 12 atom stereocenters. The molecule has 1 aromatic carbocycles. The summed E-state index contributed by atoms with van der Waals surface area (Å²) in [7, 11) is 0. The maximum atomic E-state index is 14.3. The molecule has 11 amide bonds. The van der Waals surface area contributed by atoms with Gasteiger partial charge in [-0.3, -0.25) is 57.7 Å². The number of carbonyl (C=O) groups is 11. The summed E-state index contributed by atoms with van der Waals surface area (Å²) in [6.07, 6.45) is -0.101. The Labute approximate surface area is 456 Å². The smallest absolute Gasteiger partial charge is 0.245 e. The van der Waals surface area contributed by atoms with E-state index in [4.69, 9.17) is 22.9 Å². The van der Waals surface area contributed by atoms with Gasteiger partial charge in [-0.15, -0.1) is 0 Å². The number of hydrogen-bond donors (Lipinski definition) is 13. The van der Waals surface area contributed by atoms with E-state index in [9.17, 15) is 57.8 Å². The number of aliphatic hydroxyl groups excluding tert-OH is 1. The number of nitrogens with one attached hydrogen (secondary N) is 8. The van der Waals surface area contributed by atoms with Gasteiger partial charge in [0.2, 0.25) is 65.0 Å². The molecule has 0 saturated carbocycles. The third-order valence-corrected chi connectivity index (χ3v) is 13.6. The third-order valence-electron chi connectivity index (χ3n) is 13.6. The molecule has 1 aromatic rings. The zero-order valence-corrected chi connectivity index (χ0v) is 46.6. The third kappa shape index (κ3) is 21.9. The first-order valence-corrected chi connectivity index (χ1v) is 26.7. The molecular formula is C52H86N14O12. The van der Waals surface area contributed by atoms with E-state index >= 15 is 0 Å². The van der Waals surface area contributed by atoms with E-state index < -0.39 is 137 Å². The minimum absolute atomic E-state index is 0.0232. The van der Waals surface area contributed by atoms with Crippen LogP contribution in [0.3, 0.4) is 0 Å². The van der Waals surface area contributed by atoms with E-state index in [1.54, 1.807) is 46.8 Å². The summed E-state index contributed by atoms with van der Waals surface area (Å²) in [5.41, 5.74) is 23.5. The van der Waals surface area contributed by atoms with Gasteiger partial charge in [-0.25, -0.2) is 0 Å². The molecule has 78 heavy (non-hydrogen) atoms. The first kappa shape index (κ1) is 66.7. The van der Waals surface area contributed by atoms with Crippen molar-refractivity contribution in [2.45, 2.75) is 193 Å². The fraction of sp³-hybridized carbons (Fsp3) is 0.654. The molecule has 0 radical (unpaired) electrons. The quantitative estimate of drug-likeness (QED) is 0.0197. The van der Waals surface area contributed by atoms with Gasteiger partial charge in [-0.1, -0.05) is 83.7 Å². The Hall–Kier alpha value is -7.38. The predicted octanol–water partition coefficient (Wildman–Crippen LogP) is -2.48. The van der Waals surface area contributed by atoms with Crippen LogP contribution in [0.2, 0.25) is 0 Å². The van der Waals surface area contributed by atoms with Crippen molar-refractivity contribution in [3.05, 3.63) is 35.4 Å². The largest absolute Gasteiger partial charge is 0.391 e. The van der Waals surface area contributed by atoms with Crippen molar-refractivity contribution in [2.24, 2.45) is 39.8 Å². The SMILES string of the molecule is CCC[C@H](NC(=O)[C@@H](NC(=O)[C@H](NC(=O)[C@H](CCC(N)=O)NC(=O)[C@H](Cc1ccc(C)cc1)NC(C)=O)[C@@H](C)CC)[C@@H](C)O)C(=O)N[C@H](C(=O)N[C@@H](CCCN=C(N)N)C(=O)N1CCC[C@H]1C(=O)N[C@H](C)C(N)=O)[C@@H](C)CC. The summed E-state index contributed by atoms with van der Waals surface area (Å²) in [5, 5.41) is 31.8. The second-order valence-corrected chi connectivity index (χ2v) is 20.2. The number of aryl methyl sites for hydroxylation is 1. The van der Waals surface area contributed by atoms with Crippen LogP contribution < -0.4 is 65.5 Å². The maximum absolute atomic E-state index is 14.3. The Morgan fingerprint density at radius 1 is 0.641 bits per heavy atom. The van der Waals surface area contributed by atoms with Crippen LogP contribution in [0.5, 0.6) is 0 Å². The first-order chi connectivity index (χ1) is 36.6. The number of likely N-dealkylation sites (tertiary alicyclic amines) is 1. The molecule has 0 spiro atoms. The fourth-order valence-electron chi connectivity index (χ4n) is 8.53. The van der Waals surface area contributed by atoms with Crippen LogP contribution in [0.15, 0.2) is 29.3 Å². The highest BCUT2D eigenvalue weighted by Crippen LogP contribution is 2.21. The predicted molar refractivity (Wildman–Crippen MR) is 289 cm³/mol. The van der Waals surface area contributed by atoms with Crippen LogP contribution >= 0.6 is 0 Å². The lowest BCUT2D eigenvalue weighted by Crippen LogP contribution is -2.63. The van der Waals surface area contributed by atoms with Gasteiger partial charge in [0.05, 0.1) is 6.10 Å². The zero-order chi connectivity index (χ0) is 59.0. The van der Waals surface area contributed by atoms with Crippen molar-refractivity contribution in [3.8, 4) is 0 Å². The zero-order valence-electron chi connectivity index (χ0n) is 46.6. The molecule has 436 valence electrons. The molecule has 0 unspecified atom stereocenters. The summed E-state index contributed by atoms with van der Waals surface area (Å²) in [6, 6.07) is -4.20. The number of benzene rings is 1. The molecular weight excluding hydrogens is 1010 g/mol. The number of primary amides is 2. The van der Waals surface area contributed by atoms with Crippen LogP contribution in [0.4, 0.5) is 0 Å². The lowest BCUT2D eigenvalue weighted by atomic mass is 9.96. The van der Waals surface area contributed by atoms with Crippen LogP contribution in [0.25, 0.3) is 0 Å². The summed E-state index contributed by atoms with van der Waals surface area (Å²) in [4.78, 5) is 153. The number of aliphatic hydroxyl groups is 1. The van der Waals surface area contributed by atoms with Crippen molar-refractivity contribution in [3.63, 3.8) is 0 Å². The van der Waals surface area contributed by atoms with E-state index in [0.29, 0.717) is 31.2 Å². The van der Waals surface area contributed by atoms with Crippen molar-refractivity contribution in [2.75, 3.05) is 13.1 Å². The lowest BCUT2D eigenvalue weighted by Gasteiger charge is -2.32. The Morgan fingerprint density at radius 3 is 1.64 bits per heavy atom. The molecule has 1 fully saturated rings. The maximum Gasteiger partial charge on any atom is 0.245 e. The van der Waals surface area contributed by atoms with Gasteiger partial charge >= 0.3 is 0 Å². The number of guanidine groups is 1. The number of nitrogens with two attached hydrogens (primary N) is 4. The molecule has 1 saturated heterocycles. The van der Waals surface area contributed by atoms with Crippen LogP contribution in [0, 0.1) is 18.8 Å². The molecule has 17 N–H and O–H groups in total. The van der Waals surface area contributed by atoms with Gasteiger partial charge in [-0.05, 0) is 76.7 Å². The first-order valence-electron chi connectivity index (χ1n) is 26.7. The van der Waals surface area contributed by atoms with E-state index in [-0.39, 0.29) is 64.0 Å². The molecule has 0 bridgehead atoms. The summed E-state index contributed by atoms with van der Waals surface area (Å²) >= 11 is 0. The van der Waals surface area contributed by atoms with Crippen molar-refractivity contribution >= 4 is 70.9 Å². The number of rotatable bonds is 33. The van der Waals surface area contributed by atoms with Gasteiger partial charge in [0.1, 0.15) is 54.4 Å². The molecule has 26 nitrogen and oxygen atoms in total. The molecule has 2 rings (SSSR count). The molecule has 0 aromatic heterocycles. The highest BCUT2D eigenvalue weighted by molar-refractivity contribution is 5.99. The van der Waals surface area contributed by atoms with E-state index in [1.165, 1.54) is 25.7 Å².